The Morgan fingerprint density at radius 1 is 1.29 bits per heavy atom. The standard InChI is InChI=1S/C13H26N2O2/c1-13(2,3)12(14)11(8-16)15-6-9-4-5-10(7-15)17-9/h9-12,16H,4-8,14H2,1-3H3. The van der Waals surface area contributed by atoms with E-state index in [1.165, 1.54) is 0 Å². The average molecular weight is 242 g/mol. The highest BCUT2D eigenvalue weighted by atomic mass is 16.5. The zero-order chi connectivity index (χ0) is 12.6. The van der Waals surface area contributed by atoms with E-state index in [1.807, 2.05) is 0 Å². The highest BCUT2D eigenvalue weighted by Crippen LogP contribution is 2.30. The largest absolute Gasteiger partial charge is 0.395 e. The van der Waals surface area contributed by atoms with Gasteiger partial charge in [0, 0.05) is 25.2 Å². The predicted octanol–water partition coefficient (Wildman–Crippen LogP) is 0.584. The molecule has 2 aliphatic rings. The number of nitrogens with two attached hydrogens (primary N) is 1. The molecule has 0 saturated carbocycles. The average Bonchev–Trinajstić information content (AvgIpc) is 2.57. The molecule has 2 saturated heterocycles. The molecule has 17 heavy (non-hydrogen) atoms. The van der Waals surface area contributed by atoms with Gasteiger partial charge < -0.3 is 15.6 Å². The minimum atomic E-state index is -0.00926. The Hall–Kier alpha value is -0.160. The number of morpholine rings is 1. The van der Waals surface area contributed by atoms with Crippen molar-refractivity contribution in [2.75, 3.05) is 19.7 Å². The number of hydrogen-bond acceptors (Lipinski definition) is 4. The maximum atomic E-state index is 9.64. The lowest BCUT2D eigenvalue weighted by molar-refractivity contribution is -0.0690. The number of nitrogens with zero attached hydrogens (tertiary/aromatic N) is 1. The number of aliphatic hydroxyl groups excluding tert-OH is 1. The van der Waals surface area contributed by atoms with Crippen LogP contribution >= 0.6 is 0 Å². The van der Waals surface area contributed by atoms with Gasteiger partial charge in [-0.15, -0.1) is 0 Å². The van der Waals surface area contributed by atoms with Crippen molar-refractivity contribution in [1.29, 1.82) is 0 Å². The summed E-state index contributed by atoms with van der Waals surface area (Å²) in [6.07, 6.45) is 3.03. The minimum Gasteiger partial charge on any atom is -0.395 e. The molecule has 2 aliphatic heterocycles. The van der Waals surface area contributed by atoms with Crippen LogP contribution < -0.4 is 5.73 Å². The van der Waals surface area contributed by atoms with Crippen molar-refractivity contribution in [2.45, 2.75) is 57.9 Å². The molecule has 4 unspecified atom stereocenters. The first-order valence-electron chi connectivity index (χ1n) is 6.67. The molecule has 2 heterocycles. The first-order valence-corrected chi connectivity index (χ1v) is 6.67. The van der Waals surface area contributed by atoms with E-state index in [-0.39, 0.29) is 24.1 Å². The zero-order valence-corrected chi connectivity index (χ0v) is 11.2. The van der Waals surface area contributed by atoms with Crippen molar-refractivity contribution in [3.05, 3.63) is 0 Å². The summed E-state index contributed by atoms with van der Waals surface area (Å²) in [7, 11) is 0. The van der Waals surface area contributed by atoms with Crippen molar-refractivity contribution < 1.29 is 9.84 Å². The van der Waals surface area contributed by atoms with Gasteiger partial charge in [-0.1, -0.05) is 20.8 Å². The van der Waals surface area contributed by atoms with Gasteiger partial charge in [-0.3, -0.25) is 4.90 Å². The van der Waals surface area contributed by atoms with Crippen molar-refractivity contribution >= 4 is 0 Å². The molecule has 100 valence electrons. The van der Waals surface area contributed by atoms with Gasteiger partial charge in [0.1, 0.15) is 0 Å². The van der Waals surface area contributed by atoms with Crippen LogP contribution in [0.15, 0.2) is 0 Å². The van der Waals surface area contributed by atoms with Gasteiger partial charge in [0.2, 0.25) is 0 Å². The number of fused-ring (bicyclic) bond motifs is 2. The van der Waals surface area contributed by atoms with E-state index in [0.29, 0.717) is 12.2 Å². The molecule has 2 rings (SSSR count). The third-order valence-electron chi connectivity index (χ3n) is 4.14. The maximum absolute atomic E-state index is 9.64. The van der Waals surface area contributed by atoms with Gasteiger partial charge in [-0.2, -0.15) is 0 Å². The van der Waals surface area contributed by atoms with Crippen LogP contribution in [0.2, 0.25) is 0 Å². The number of ether oxygens (including phenoxy) is 1. The van der Waals surface area contributed by atoms with Crippen molar-refractivity contribution in [2.24, 2.45) is 11.1 Å². The Morgan fingerprint density at radius 2 is 1.82 bits per heavy atom. The summed E-state index contributed by atoms with van der Waals surface area (Å²) in [5.41, 5.74) is 6.32. The molecule has 4 heteroatoms. The van der Waals surface area contributed by atoms with Crippen LogP contribution in [0, 0.1) is 5.41 Å². The number of hydrogen-bond donors (Lipinski definition) is 2. The summed E-state index contributed by atoms with van der Waals surface area (Å²) in [6.45, 7) is 8.38. The van der Waals surface area contributed by atoms with Gasteiger partial charge >= 0.3 is 0 Å². The van der Waals surface area contributed by atoms with E-state index >= 15 is 0 Å². The topological polar surface area (TPSA) is 58.7 Å². The lowest BCUT2D eigenvalue weighted by Gasteiger charge is -2.43. The zero-order valence-electron chi connectivity index (χ0n) is 11.2. The van der Waals surface area contributed by atoms with Crippen molar-refractivity contribution in [1.82, 2.24) is 4.90 Å². The molecule has 0 amide bonds. The van der Waals surface area contributed by atoms with Crippen LogP contribution in [-0.2, 0) is 4.74 Å². The molecule has 0 aromatic heterocycles. The Labute approximate surface area is 104 Å². The summed E-state index contributed by atoms with van der Waals surface area (Å²) in [5.74, 6) is 0. The van der Waals surface area contributed by atoms with E-state index in [9.17, 15) is 5.11 Å². The van der Waals surface area contributed by atoms with E-state index in [4.69, 9.17) is 10.5 Å². The summed E-state index contributed by atoms with van der Waals surface area (Å²) in [5, 5.41) is 9.64. The molecule has 0 aromatic rings. The van der Waals surface area contributed by atoms with Crippen LogP contribution in [0.4, 0.5) is 0 Å². The van der Waals surface area contributed by atoms with Gasteiger partial charge in [0.15, 0.2) is 0 Å². The SMILES string of the molecule is CC(C)(C)C(N)C(CO)N1CC2CCC(C1)O2. The minimum absolute atomic E-state index is 0.00926. The van der Waals surface area contributed by atoms with Crippen LogP contribution in [0.1, 0.15) is 33.6 Å². The molecular weight excluding hydrogens is 216 g/mol. The van der Waals surface area contributed by atoms with Crippen LogP contribution in [0.3, 0.4) is 0 Å². The second-order valence-corrected chi connectivity index (χ2v) is 6.55. The van der Waals surface area contributed by atoms with E-state index in [1.54, 1.807) is 0 Å². The quantitative estimate of drug-likeness (QED) is 0.760. The molecule has 2 fully saturated rings. The highest BCUT2D eigenvalue weighted by molar-refractivity contribution is 4.94. The van der Waals surface area contributed by atoms with Crippen LogP contribution in [0.5, 0.6) is 0 Å². The summed E-state index contributed by atoms with van der Waals surface area (Å²) < 4.78 is 5.82. The van der Waals surface area contributed by atoms with Gasteiger partial charge in [-0.25, -0.2) is 0 Å². The number of aliphatic hydroxyl groups is 1. The summed E-state index contributed by atoms with van der Waals surface area (Å²) >= 11 is 0. The van der Waals surface area contributed by atoms with Crippen molar-refractivity contribution in [3.8, 4) is 0 Å². The number of likely N-dealkylation sites (tertiary alicyclic amines) is 1. The fourth-order valence-corrected chi connectivity index (χ4v) is 2.95. The molecular formula is C13H26N2O2. The summed E-state index contributed by atoms with van der Waals surface area (Å²) in [6, 6.07) is 0.0481. The van der Waals surface area contributed by atoms with Gasteiger partial charge in [0.05, 0.1) is 18.8 Å². The van der Waals surface area contributed by atoms with E-state index < -0.39 is 0 Å². The van der Waals surface area contributed by atoms with Crippen LogP contribution in [-0.4, -0.2) is 54.0 Å². The number of rotatable bonds is 3. The van der Waals surface area contributed by atoms with Crippen molar-refractivity contribution in [3.63, 3.8) is 0 Å². The van der Waals surface area contributed by atoms with E-state index in [2.05, 4.69) is 25.7 Å². The Bertz CT molecular complexity index is 253. The third kappa shape index (κ3) is 2.81. The molecule has 4 atom stereocenters. The first kappa shape index (κ1) is 13.3. The second-order valence-electron chi connectivity index (χ2n) is 6.55. The Morgan fingerprint density at radius 3 is 2.24 bits per heavy atom. The molecule has 0 aromatic carbocycles. The Kier molecular flexibility index (Phi) is 3.78. The predicted molar refractivity (Wildman–Crippen MR) is 67.8 cm³/mol. The molecule has 4 nitrogen and oxygen atoms in total. The lowest BCUT2D eigenvalue weighted by atomic mass is 9.82. The third-order valence-corrected chi connectivity index (χ3v) is 4.14. The molecule has 0 aliphatic carbocycles. The molecule has 0 spiro atoms. The summed E-state index contributed by atoms with van der Waals surface area (Å²) in [4.78, 5) is 2.34. The van der Waals surface area contributed by atoms with Gasteiger partial charge in [0.25, 0.3) is 0 Å². The lowest BCUT2D eigenvalue weighted by Crippen LogP contribution is -2.59. The Balaban J connectivity index is 2.03. The molecule has 0 radical (unpaired) electrons. The maximum Gasteiger partial charge on any atom is 0.0707 e. The molecule has 2 bridgehead atoms. The smallest absolute Gasteiger partial charge is 0.0707 e. The fourth-order valence-electron chi connectivity index (χ4n) is 2.95. The monoisotopic (exact) mass is 242 g/mol. The normalized spacial score (nSPS) is 33.7. The van der Waals surface area contributed by atoms with Gasteiger partial charge in [-0.05, 0) is 18.3 Å². The van der Waals surface area contributed by atoms with E-state index in [0.717, 1.165) is 25.9 Å². The fraction of sp³-hybridized carbons (Fsp3) is 1.00. The second kappa shape index (κ2) is 4.84. The molecule has 3 N–H and O–H groups in total. The first-order chi connectivity index (χ1) is 7.91. The van der Waals surface area contributed by atoms with Crippen LogP contribution in [0.25, 0.3) is 0 Å². The highest BCUT2D eigenvalue weighted by Gasteiger charge is 2.40.